The van der Waals surface area contributed by atoms with E-state index in [4.69, 9.17) is 5.73 Å². The van der Waals surface area contributed by atoms with Crippen molar-refractivity contribution >= 4 is 17.7 Å². The molecule has 0 radical (unpaired) electrons. The van der Waals surface area contributed by atoms with Crippen LogP contribution in [0.5, 0.6) is 0 Å². The van der Waals surface area contributed by atoms with E-state index in [9.17, 15) is 4.79 Å². The molecule has 15 heavy (non-hydrogen) atoms. The number of nitrogens with two attached hydrogens (primary N) is 1. The van der Waals surface area contributed by atoms with E-state index in [-0.39, 0.29) is 17.9 Å². The lowest BCUT2D eigenvalue weighted by Gasteiger charge is -2.14. The first kappa shape index (κ1) is 12.8. The smallest absolute Gasteiger partial charge is 0.223 e. The highest BCUT2D eigenvalue weighted by Crippen LogP contribution is 2.24. The van der Waals surface area contributed by atoms with Gasteiger partial charge < -0.3 is 11.1 Å². The molecule has 1 aliphatic carbocycles. The summed E-state index contributed by atoms with van der Waals surface area (Å²) in [5, 5.41) is 3.02. The molecule has 1 amide bonds. The SMILES string of the molecule is CSCC(C)CNC(=O)C1CCC(N)C1. The molecule has 3 nitrogen and oxygen atoms in total. The molecule has 1 saturated carbocycles. The van der Waals surface area contributed by atoms with E-state index in [1.165, 1.54) is 0 Å². The van der Waals surface area contributed by atoms with Crippen molar-refractivity contribution in [1.82, 2.24) is 5.32 Å². The van der Waals surface area contributed by atoms with Gasteiger partial charge in [-0.1, -0.05) is 6.92 Å². The minimum absolute atomic E-state index is 0.168. The van der Waals surface area contributed by atoms with Gasteiger partial charge in [0.1, 0.15) is 0 Å². The standard InChI is InChI=1S/C11H22N2OS/c1-8(7-15-2)6-13-11(14)9-3-4-10(12)5-9/h8-10H,3-7,12H2,1-2H3,(H,13,14). The van der Waals surface area contributed by atoms with Gasteiger partial charge >= 0.3 is 0 Å². The zero-order valence-corrected chi connectivity index (χ0v) is 10.5. The van der Waals surface area contributed by atoms with Gasteiger partial charge in [0.2, 0.25) is 5.91 Å². The first-order valence-corrected chi connectivity index (χ1v) is 7.05. The number of carbonyl (C=O) groups is 1. The molecule has 0 aromatic carbocycles. The summed E-state index contributed by atoms with van der Waals surface area (Å²) in [5.41, 5.74) is 5.78. The minimum atomic E-state index is 0.168. The summed E-state index contributed by atoms with van der Waals surface area (Å²) in [7, 11) is 0. The number of carbonyl (C=O) groups excluding carboxylic acids is 1. The van der Waals surface area contributed by atoms with Gasteiger partial charge in [0.05, 0.1) is 0 Å². The molecule has 3 unspecified atom stereocenters. The van der Waals surface area contributed by atoms with Gasteiger partial charge in [-0.05, 0) is 37.2 Å². The Morgan fingerprint density at radius 1 is 1.60 bits per heavy atom. The fourth-order valence-corrected chi connectivity index (χ4v) is 2.70. The lowest BCUT2D eigenvalue weighted by molar-refractivity contribution is -0.124. The Morgan fingerprint density at radius 2 is 2.33 bits per heavy atom. The Hall–Kier alpha value is -0.220. The summed E-state index contributed by atoms with van der Waals surface area (Å²) < 4.78 is 0. The number of amides is 1. The van der Waals surface area contributed by atoms with E-state index >= 15 is 0 Å². The van der Waals surface area contributed by atoms with E-state index in [1.54, 1.807) is 0 Å². The van der Waals surface area contributed by atoms with E-state index in [2.05, 4.69) is 18.5 Å². The molecule has 0 aliphatic heterocycles. The number of hydrogen-bond acceptors (Lipinski definition) is 3. The maximum atomic E-state index is 11.7. The number of thioether (sulfide) groups is 1. The molecule has 0 heterocycles. The van der Waals surface area contributed by atoms with E-state index in [0.717, 1.165) is 31.6 Å². The average Bonchev–Trinajstić information content (AvgIpc) is 2.62. The Bertz CT molecular complexity index is 211. The van der Waals surface area contributed by atoms with Crippen LogP contribution in [0.1, 0.15) is 26.2 Å². The molecule has 3 N–H and O–H groups in total. The van der Waals surface area contributed by atoms with Crippen LogP contribution in [0.15, 0.2) is 0 Å². The van der Waals surface area contributed by atoms with Crippen LogP contribution in [0.2, 0.25) is 0 Å². The van der Waals surface area contributed by atoms with Crippen LogP contribution in [-0.4, -0.2) is 30.5 Å². The van der Waals surface area contributed by atoms with Gasteiger partial charge in [-0.2, -0.15) is 11.8 Å². The summed E-state index contributed by atoms with van der Waals surface area (Å²) >= 11 is 1.82. The predicted molar refractivity (Wildman–Crippen MR) is 65.9 cm³/mol. The van der Waals surface area contributed by atoms with Crippen molar-refractivity contribution in [3.63, 3.8) is 0 Å². The molecule has 1 aliphatic rings. The average molecular weight is 230 g/mol. The van der Waals surface area contributed by atoms with Crippen LogP contribution in [0.3, 0.4) is 0 Å². The van der Waals surface area contributed by atoms with Crippen LogP contribution in [0.25, 0.3) is 0 Å². The molecule has 3 atom stereocenters. The van der Waals surface area contributed by atoms with Crippen LogP contribution >= 0.6 is 11.8 Å². The highest BCUT2D eigenvalue weighted by atomic mass is 32.2. The lowest BCUT2D eigenvalue weighted by Crippen LogP contribution is -2.34. The lowest BCUT2D eigenvalue weighted by atomic mass is 10.1. The molecule has 0 spiro atoms. The Labute approximate surface area is 96.6 Å². The van der Waals surface area contributed by atoms with Crippen LogP contribution in [0.4, 0.5) is 0 Å². The summed E-state index contributed by atoms with van der Waals surface area (Å²) in [6.07, 6.45) is 4.92. The zero-order valence-electron chi connectivity index (χ0n) is 9.66. The van der Waals surface area contributed by atoms with Crippen LogP contribution in [0, 0.1) is 11.8 Å². The zero-order chi connectivity index (χ0) is 11.3. The third-order valence-corrected chi connectivity index (χ3v) is 3.82. The molecule has 1 fully saturated rings. The first-order valence-electron chi connectivity index (χ1n) is 5.65. The highest BCUT2D eigenvalue weighted by molar-refractivity contribution is 7.98. The monoisotopic (exact) mass is 230 g/mol. The Kier molecular flexibility index (Phi) is 5.47. The van der Waals surface area contributed by atoms with Crippen molar-refractivity contribution in [2.45, 2.75) is 32.2 Å². The second-order valence-electron chi connectivity index (χ2n) is 4.58. The molecule has 88 valence electrons. The van der Waals surface area contributed by atoms with Crippen molar-refractivity contribution in [2.24, 2.45) is 17.6 Å². The van der Waals surface area contributed by atoms with Gasteiger partial charge in [0.25, 0.3) is 0 Å². The maximum Gasteiger partial charge on any atom is 0.223 e. The summed E-state index contributed by atoms with van der Waals surface area (Å²) in [6, 6.07) is 0.240. The van der Waals surface area contributed by atoms with Crippen molar-refractivity contribution < 1.29 is 4.79 Å². The van der Waals surface area contributed by atoms with Crippen molar-refractivity contribution in [3.05, 3.63) is 0 Å². The number of nitrogens with one attached hydrogen (secondary N) is 1. The second-order valence-corrected chi connectivity index (χ2v) is 5.49. The largest absolute Gasteiger partial charge is 0.356 e. The summed E-state index contributed by atoms with van der Waals surface area (Å²) in [4.78, 5) is 11.7. The van der Waals surface area contributed by atoms with Crippen LogP contribution in [-0.2, 0) is 4.79 Å². The second kappa shape index (κ2) is 6.38. The third-order valence-electron chi connectivity index (χ3n) is 2.92. The Balaban J connectivity index is 2.18. The summed E-state index contributed by atoms with van der Waals surface area (Å²) in [6.45, 7) is 2.96. The van der Waals surface area contributed by atoms with Gasteiger partial charge in [0.15, 0.2) is 0 Å². The van der Waals surface area contributed by atoms with E-state index in [1.807, 2.05) is 11.8 Å². The normalized spacial score (nSPS) is 27.7. The number of rotatable bonds is 5. The Morgan fingerprint density at radius 3 is 2.87 bits per heavy atom. The molecule has 4 heteroatoms. The van der Waals surface area contributed by atoms with Gasteiger partial charge in [-0.15, -0.1) is 0 Å². The molecule has 0 bridgehead atoms. The molecule has 0 aromatic heterocycles. The number of hydrogen-bond donors (Lipinski definition) is 2. The van der Waals surface area contributed by atoms with Crippen LogP contribution < -0.4 is 11.1 Å². The quantitative estimate of drug-likeness (QED) is 0.747. The fourth-order valence-electron chi connectivity index (χ4n) is 2.02. The third kappa shape index (κ3) is 4.43. The van der Waals surface area contributed by atoms with E-state index < -0.39 is 0 Å². The topological polar surface area (TPSA) is 55.1 Å². The molecule has 0 aromatic rings. The van der Waals surface area contributed by atoms with E-state index in [0.29, 0.717) is 5.92 Å². The first-order chi connectivity index (χ1) is 7.13. The molecule has 1 rings (SSSR count). The summed E-state index contributed by atoms with van der Waals surface area (Å²) in [5.74, 6) is 2.03. The molecular formula is C11H22N2OS. The highest BCUT2D eigenvalue weighted by Gasteiger charge is 2.27. The maximum absolute atomic E-state index is 11.7. The molecule has 0 saturated heterocycles. The fraction of sp³-hybridized carbons (Fsp3) is 0.909. The minimum Gasteiger partial charge on any atom is -0.356 e. The van der Waals surface area contributed by atoms with Gasteiger partial charge in [0, 0.05) is 18.5 Å². The van der Waals surface area contributed by atoms with Crippen molar-refractivity contribution in [3.8, 4) is 0 Å². The van der Waals surface area contributed by atoms with Crippen molar-refractivity contribution in [1.29, 1.82) is 0 Å². The van der Waals surface area contributed by atoms with Crippen molar-refractivity contribution in [2.75, 3.05) is 18.6 Å². The van der Waals surface area contributed by atoms with Gasteiger partial charge in [-0.25, -0.2) is 0 Å². The van der Waals surface area contributed by atoms with Gasteiger partial charge in [-0.3, -0.25) is 4.79 Å². The molecular weight excluding hydrogens is 208 g/mol. The predicted octanol–water partition coefficient (Wildman–Crippen LogP) is 1.23.